The minimum Gasteiger partial charge on any atom is -0.348 e. The Balaban J connectivity index is 2.10. The standard InChI is InChI=1S/C13H19FN4S/c1-4-16-11(15-3)10-9-17-12(19-10)18-7-5-13(2,14)6-8-18/h4,9H,5-8H2,1-3H3. The van der Waals surface area contributed by atoms with E-state index in [1.807, 2.05) is 6.92 Å². The quantitative estimate of drug-likeness (QED) is 0.618. The normalized spacial score (nSPS) is 20.2. The number of hydrogen-bond donors (Lipinski definition) is 0. The van der Waals surface area contributed by atoms with Crippen LogP contribution in [0.1, 0.15) is 31.6 Å². The van der Waals surface area contributed by atoms with Crippen molar-refractivity contribution < 1.29 is 4.39 Å². The van der Waals surface area contributed by atoms with Crippen molar-refractivity contribution in [2.45, 2.75) is 32.4 Å². The molecule has 1 aliphatic heterocycles. The Kier molecular flexibility index (Phi) is 4.29. The molecule has 0 aromatic carbocycles. The first-order valence-corrected chi connectivity index (χ1v) is 7.23. The highest BCUT2D eigenvalue weighted by Crippen LogP contribution is 2.31. The molecule has 0 saturated carbocycles. The predicted molar refractivity (Wildman–Crippen MR) is 79.7 cm³/mol. The van der Waals surface area contributed by atoms with Crippen LogP contribution < -0.4 is 4.90 Å². The van der Waals surface area contributed by atoms with Crippen molar-refractivity contribution in [1.82, 2.24) is 4.98 Å². The van der Waals surface area contributed by atoms with Gasteiger partial charge in [0, 0.05) is 26.4 Å². The van der Waals surface area contributed by atoms with Gasteiger partial charge < -0.3 is 4.90 Å². The number of piperidine rings is 1. The second-order valence-electron chi connectivity index (χ2n) is 4.84. The van der Waals surface area contributed by atoms with Crippen molar-refractivity contribution in [2.24, 2.45) is 9.98 Å². The van der Waals surface area contributed by atoms with Gasteiger partial charge in [0.05, 0.1) is 11.1 Å². The number of nitrogens with zero attached hydrogens (tertiary/aromatic N) is 4. The third-order valence-corrected chi connectivity index (χ3v) is 4.31. The van der Waals surface area contributed by atoms with E-state index in [1.165, 1.54) is 0 Å². The highest BCUT2D eigenvalue weighted by Gasteiger charge is 2.30. The van der Waals surface area contributed by atoms with Crippen LogP contribution >= 0.6 is 11.3 Å². The van der Waals surface area contributed by atoms with Crippen LogP contribution in [-0.4, -0.2) is 42.8 Å². The van der Waals surface area contributed by atoms with Crippen molar-refractivity contribution >= 4 is 28.5 Å². The van der Waals surface area contributed by atoms with E-state index in [0.29, 0.717) is 18.7 Å². The molecule has 0 N–H and O–H groups in total. The summed E-state index contributed by atoms with van der Waals surface area (Å²) >= 11 is 1.56. The summed E-state index contributed by atoms with van der Waals surface area (Å²) in [6.45, 7) is 4.97. The fraction of sp³-hybridized carbons (Fsp3) is 0.615. The van der Waals surface area contributed by atoms with Crippen molar-refractivity contribution in [3.63, 3.8) is 0 Å². The summed E-state index contributed by atoms with van der Waals surface area (Å²) in [6.07, 6.45) is 4.63. The van der Waals surface area contributed by atoms with Gasteiger partial charge in [0.25, 0.3) is 0 Å². The van der Waals surface area contributed by atoms with Crippen LogP contribution in [-0.2, 0) is 0 Å². The van der Waals surface area contributed by atoms with Crippen molar-refractivity contribution in [2.75, 3.05) is 25.0 Å². The molecule has 104 valence electrons. The molecule has 0 radical (unpaired) electrons. The summed E-state index contributed by atoms with van der Waals surface area (Å²) in [5.41, 5.74) is -1.03. The highest BCUT2D eigenvalue weighted by atomic mass is 32.1. The zero-order valence-electron chi connectivity index (χ0n) is 11.6. The fourth-order valence-electron chi connectivity index (χ4n) is 2.03. The second kappa shape index (κ2) is 5.77. The van der Waals surface area contributed by atoms with Crippen LogP contribution in [0.3, 0.4) is 0 Å². The van der Waals surface area contributed by atoms with E-state index in [2.05, 4.69) is 19.9 Å². The maximum atomic E-state index is 13.8. The molecular weight excluding hydrogens is 263 g/mol. The Morgan fingerprint density at radius 3 is 2.79 bits per heavy atom. The van der Waals surface area contributed by atoms with E-state index in [9.17, 15) is 4.39 Å². The third-order valence-electron chi connectivity index (χ3n) is 3.25. The number of anilines is 1. The fourth-order valence-corrected chi connectivity index (χ4v) is 2.99. The van der Waals surface area contributed by atoms with Gasteiger partial charge in [0.15, 0.2) is 11.0 Å². The van der Waals surface area contributed by atoms with Gasteiger partial charge in [-0.2, -0.15) is 0 Å². The average Bonchev–Trinajstić information content (AvgIpc) is 2.85. The van der Waals surface area contributed by atoms with Crippen LogP contribution in [0.5, 0.6) is 0 Å². The molecule has 19 heavy (non-hydrogen) atoms. The summed E-state index contributed by atoms with van der Waals surface area (Å²) < 4.78 is 13.8. The van der Waals surface area contributed by atoms with Crippen LogP contribution in [0.15, 0.2) is 16.2 Å². The maximum Gasteiger partial charge on any atom is 0.185 e. The number of rotatable bonds is 2. The summed E-state index contributed by atoms with van der Waals surface area (Å²) in [4.78, 5) is 15.8. The summed E-state index contributed by atoms with van der Waals surface area (Å²) in [5.74, 6) is 0.693. The minimum atomic E-state index is -1.03. The molecule has 4 nitrogen and oxygen atoms in total. The Morgan fingerprint density at radius 1 is 1.53 bits per heavy atom. The molecule has 0 aliphatic carbocycles. The lowest BCUT2D eigenvalue weighted by Crippen LogP contribution is -2.39. The molecule has 0 amide bonds. The van der Waals surface area contributed by atoms with Gasteiger partial charge in [0.1, 0.15) is 5.67 Å². The predicted octanol–water partition coefficient (Wildman–Crippen LogP) is 2.94. The van der Waals surface area contributed by atoms with Crippen LogP contribution in [0.25, 0.3) is 0 Å². The molecule has 0 bridgehead atoms. The van der Waals surface area contributed by atoms with E-state index in [1.54, 1.807) is 37.7 Å². The molecule has 0 unspecified atom stereocenters. The van der Waals surface area contributed by atoms with Gasteiger partial charge in [-0.3, -0.25) is 4.99 Å². The van der Waals surface area contributed by atoms with Gasteiger partial charge >= 0.3 is 0 Å². The van der Waals surface area contributed by atoms with Gasteiger partial charge in [0.2, 0.25) is 0 Å². The Labute approximate surface area is 117 Å². The molecule has 1 aromatic rings. The number of aliphatic imine (C=N–C) groups is 2. The van der Waals surface area contributed by atoms with Gasteiger partial charge in [-0.15, -0.1) is 0 Å². The summed E-state index contributed by atoms with van der Waals surface area (Å²) in [7, 11) is 1.72. The number of alkyl halides is 1. The summed E-state index contributed by atoms with van der Waals surface area (Å²) in [6, 6.07) is 0. The van der Waals surface area contributed by atoms with Crippen LogP contribution in [0.2, 0.25) is 0 Å². The smallest absolute Gasteiger partial charge is 0.185 e. The second-order valence-corrected chi connectivity index (χ2v) is 5.85. The van der Waals surface area contributed by atoms with Gasteiger partial charge in [-0.05, 0) is 26.7 Å². The number of aromatic nitrogens is 1. The molecule has 0 atom stereocenters. The lowest BCUT2D eigenvalue weighted by molar-refractivity contribution is 0.149. The van der Waals surface area contributed by atoms with E-state index in [4.69, 9.17) is 0 Å². The number of hydrogen-bond acceptors (Lipinski definition) is 4. The Morgan fingerprint density at radius 2 is 2.21 bits per heavy atom. The van der Waals surface area contributed by atoms with E-state index in [0.717, 1.165) is 23.1 Å². The number of amidine groups is 1. The average molecular weight is 282 g/mol. The molecule has 2 heterocycles. The lowest BCUT2D eigenvalue weighted by Gasteiger charge is -2.33. The van der Waals surface area contributed by atoms with E-state index >= 15 is 0 Å². The zero-order valence-corrected chi connectivity index (χ0v) is 12.4. The van der Waals surface area contributed by atoms with Crippen LogP contribution in [0.4, 0.5) is 9.52 Å². The third kappa shape index (κ3) is 3.37. The lowest BCUT2D eigenvalue weighted by atomic mass is 9.96. The number of thiazole rings is 1. The molecule has 1 saturated heterocycles. The Bertz CT molecular complexity index is 483. The van der Waals surface area contributed by atoms with E-state index < -0.39 is 5.67 Å². The summed E-state index contributed by atoms with van der Waals surface area (Å²) in [5, 5.41) is 0.929. The first-order chi connectivity index (χ1) is 9.05. The first-order valence-electron chi connectivity index (χ1n) is 6.41. The van der Waals surface area contributed by atoms with Gasteiger partial charge in [-0.25, -0.2) is 14.4 Å². The topological polar surface area (TPSA) is 40.9 Å². The Hall–Kier alpha value is -1.30. The SMILES string of the molecule is CC=NC(=NC)c1cnc(N2CCC(C)(F)CC2)s1. The molecule has 1 aliphatic rings. The van der Waals surface area contributed by atoms with Crippen LogP contribution in [0, 0.1) is 0 Å². The first kappa shape index (κ1) is 14.1. The molecule has 1 aromatic heterocycles. The molecule has 2 rings (SSSR count). The molecule has 6 heteroatoms. The van der Waals surface area contributed by atoms with Crippen molar-refractivity contribution in [3.05, 3.63) is 11.1 Å². The van der Waals surface area contributed by atoms with Crippen molar-refractivity contribution in [3.8, 4) is 0 Å². The van der Waals surface area contributed by atoms with Crippen molar-refractivity contribution in [1.29, 1.82) is 0 Å². The zero-order chi connectivity index (χ0) is 13.9. The monoisotopic (exact) mass is 282 g/mol. The number of halogens is 1. The van der Waals surface area contributed by atoms with Gasteiger partial charge in [-0.1, -0.05) is 11.3 Å². The molecule has 1 fully saturated rings. The van der Waals surface area contributed by atoms with E-state index in [-0.39, 0.29) is 0 Å². The maximum absolute atomic E-state index is 13.8. The molecular formula is C13H19FN4S. The molecule has 0 spiro atoms. The largest absolute Gasteiger partial charge is 0.348 e. The minimum absolute atomic E-state index is 0.559. The highest BCUT2D eigenvalue weighted by molar-refractivity contribution is 7.17.